The number of aromatic nitrogens is 5. The van der Waals surface area contributed by atoms with Crippen molar-refractivity contribution in [2.24, 2.45) is 5.41 Å². The predicted octanol–water partition coefficient (Wildman–Crippen LogP) is 4.98. The van der Waals surface area contributed by atoms with E-state index in [-0.39, 0.29) is 11.5 Å². The molecule has 0 amide bonds. The summed E-state index contributed by atoms with van der Waals surface area (Å²) in [5, 5.41) is 11.6. The van der Waals surface area contributed by atoms with E-state index in [2.05, 4.69) is 56.9 Å². The number of nitrogens with one attached hydrogen (secondary N) is 3. The van der Waals surface area contributed by atoms with Crippen molar-refractivity contribution >= 4 is 33.9 Å². The third-order valence-corrected chi connectivity index (χ3v) is 6.85. The molecule has 8 nitrogen and oxygen atoms in total. The first-order chi connectivity index (χ1) is 17.6. The quantitative estimate of drug-likeness (QED) is 0.358. The maximum absolute atomic E-state index is 5.09. The van der Waals surface area contributed by atoms with E-state index in [0.717, 1.165) is 58.7 Å². The molecular weight excluding hydrogens is 448 g/mol. The van der Waals surface area contributed by atoms with Gasteiger partial charge in [-0.25, -0.2) is 19.9 Å². The van der Waals surface area contributed by atoms with Crippen molar-refractivity contribution < 1.29 is 0 Å². The normalized spacial score (nSPS) is 18.4. The first-order valence-corrected chi connectivity index (χ1v) is 12.2. The van der Waals surface area contributed by atoms with Gasteiger partial charge >= 0.3 is 0 Å². The van der Waals surface area contributed by atoms with Gasteiger partial charge in [0.2, 0.25) is 0 Å². The molecular formula is C28H28N8. The van der Waals surface area contributed by atoms with Crippen molar-refractivity contribution in [3.63, 3.8) is 0 Å². The van der Waals surface area contributed by atoms with Crippen molar-refractivity contribution in [2.75, 3.05) is 23.7 Å². The van der Waals surface area contributed by atoms with Gasteiger partial charge in [-0.2, -0.15) is 0 Å². The van der Waals surface area contributed by atoms with Gasteiger partial charge < -0.3 is 16.0 Å². The van der Waals surface area contributed by atoms with Gasteiger partial charge in [-0.05, 0) is 48.2 Å². The first-order valence-electron chi connectivity index (χ1n) is 12.2. The second kappa shape index (κ2) is 9.13. The topological polar surface area (TPSA) is 101 Å². The molecule has 0 unspecified atom stereocenters. The highest BCUT2D eigenvalue weighted by atomic mass is 15.1. The highest BCUT2D eigenvalue weighted by Gasteiger charge is 2.33. The fraction of sp³-hybridized carbons (Fsp3) is 0.250. The zero-order valence-electron chi connectivity index (χ0n) is 20.4. The number of anilines is 3. The zero-order chi connectivity index (χ0) is 24.5. The van der Waals surface area contributed by atoms with Crippen LogP contribution in [-0.2, 0) is 0 Å². The summed E-state index contributed by atoms with van der Waals surface area (Å²) in [4.78, 5) is 23.3. The van der Waals surface area contributed by atoms with Crippen LogP contribution in [0.4, 0.5) is 17.5 Å². The Labute approximate surface area is 210 Å². The van der Waals surface area contributed by atoms with E-state index in [0.29, 0.717) is 11.6 Å². The third kappa shape index (κ3) is 4.31. The van der Waals surface area contributed by atoms with Crippen molar-refractivity contribution in [3.8, 4) is 11.4 Å². The first kappa shape index (κ1) is 22.3. The molecule has 0 bridgehead atoms. The molecule has 4 aromatic heterocycles. The molecule has 0 spiro atoms. The lowest BCUT2D eigenvalue weighted by Crippen LogP contribution is -2.49. The minimum atomic E-state index is 0.0783. The van der Waals surface area contributed by atoms with E-state index in [4.69, 9.17) is 9.97 Å². The van der Waals surface area contributed by atoms with Crippen LogP contribution in [0.5, 0.6) is 0 Å². The summed E-state index contributed by atoms with van der Waals surface area (Å²) in [6.45, 7) is 6.51. The number of pyridine rings is 3. The molecule has 1 fully saturated rings. The van der Waals surface area contributed by atoms with E-state index in [9.17, 15) is 0 Å². The molecule has 0 aromatic carbocycles. The van der Waals surface area contributed by atoms with Crippen LogP contribution in [0.1, 0.15) is 25.8 Å². The van der Waals surface area contributed by atoms with Crippen molar-refractivity contribution in [1.82, 2.24) is 30.2 Å². The van der Waals surface area contributed by atoms with Crippen LogP contribution >= 0.6 is 0 Å². The Kier molecular flexibility index (Phi) is 5.65. The molecule has 2 aliphatic rings. The largest absolute Gasteiger partial charge is 0.366 e. The molecule has 4 aromatic rings. The molecule has 0 saturated carbocycles. The number of allylic oxidation sites excluding steroid dienone is 4. The molecule has 36 heavy (non-hydrogen) atoms. The Hall–Kier alpha value is -4.17. The van der Waals surface area contributed by atoms with Gasteiger partial charge in [0.05, 0.1) is 17.1 Å². The minimum absolute atomic E-state index is 0.0783. The van der Waals surface area contributed by atoms with Gasteiger partial charge in [0.25, 0.3) is 0 Å². The molecule has 8 heteroatoms. The lowest BCUT2D eigenvalue weighted by molar-refractivity contribution is 0.236. The second-order valence-corrected chi connectivity index (χ2v) is 9.88. The maximum atomic E-state index is 5.09. The van der Waals surface area contributed by atoms with Crippen LogP contribution < -0.4 is 16.0 Å². The highest BCUT2D eigenvalue weighted by Crippen LogP contribution is 2.36. The fourth-order valence-corrected chi connectivity index (χ4v) is 4.72. The van der Waals surface area contributed by atoms with E-state index < -0.39 is 0 Å². The molecule has 1 saturated heterocycles. The van der Waals surface area contributed by atoms with E-state index >= 15 is 0 Å². The van der Waals surface area contributed by atoms with Gasteiger partial charge in [0.1, 0.15) is 17.5 Å². The number of fused-ring (bicyclic) bond motifs is 1. The monoisotopic (exact) mass is 476 g/mol. The summed E-state index contributed by atoms with van der Waals surface area (Å²) in [5.74, 6) is 2.87. The van der Waals surface area contributed by atoms with Gasteiger partial charge in [-0.1, -0.05) is 38.1 Å². The van der Waals surface area contributed by atoms with E-state index in [1.807, 2.05) is 48.8 Å². The van der Waals surface area contributed by atoms with Gasteiger partial charge in [-0.15, -0.1) is 0 Å². The average Bonchev–Trinajstić information content (AvgIpc) is 2.85. The summed E-state index contributed by atoms with van der Waals surface area (Å²) in [7, 11) is 0. The number of hydrogen-bond acceptors (Lipinski definition) is 8. The Bertz CT molecular complexity index is 1480. The molecule has 6 rings (SSSR count). The minimum Gasteiger partial charge on any atom is -0.366 e. The molecule has 3 N–H and O–H groups in total. The lowest BCUT2D eigenvalue weighted by Gasteiger charge is -2.40. The molecule has 0 radical (unpaired) electrons. The van der Waals surface area contributed by atoms with E-state index in [1.54, 1.807) is 12.4 Å². The summed E-state index contributed by atoms with van der Waals surface area (Å²) >= 11 is 0. The molecule has 1 atom stereocenters. The summed E-state index contributed by atoms with van der Waals surface area (Å²) in [5.41, 5.74) is 3.94. The van der Waals surface area contributed by atoms with E-state index in [1.165, 1.54) is 0 Å². The zero-order valence-corrected chi connectivity index (χ0v) is 20.4. The Morgan fingerprint density at radius 2 is 1.92 bits per heavy atom. The Morgan fingerprint density at radius 3 is 2.69 bits per heavy atom. The molecule has 1 aliphatic carbocycles. The smallest absolute Gasteiger partial charge is 0.162 e. The number of rotatable bonds is 6. The second-order valence-electron chi connectivity index (χ2n) is 9.88. The van der Waals surface area contributed by atoms with Crippen molar-refractivity contribution in [2.45, 2.75) is 26.3 Å². The van der Waals surface area contributed by atoms with Crippen LogP contribution in [0.3, 0.4) is 0 Å². The summed E-state index contributed by atoms with van der Waals surface area (Å²) < 4.78 is 0. The SMILES string of the molecule is CC1(C)CNCC[C@@H]1Nc1nc(-c2ccnc(Nc3ccccn3)c2)nc2cncc(C3=CC=C3)c12. The molecule has 5 heterocycles. The van der Waals surface area contributed by atoms with Crippen LogP contribution in [0.25, 0.3) is 27.9 Å². The maximum Gasteiger partial charge on any atom is 0.162 e. The number of nitrogens with zero attached hydrogens (tertiary/aromatic N) is 5. The van der Waals surface area contributed by atoms with Gasteiger partial charge in [0, 0.05) is 42.3 Å². The fourth-order valence-electron chi connectivity index (χ4n) is 4.72. The number of hydrogen-bond donors (Lipinski definition) is 3. The number of piperidine rings is 1. The summed E-state index contributed by atoms with van der Waals surface area (Å²) in [6.07, 6.45) is 14.5. The lowest BCUT2D eigenvalue weighted by atomic mass is 9.80. The Balaban J connectivity index is 1.44. The standard InChI is InChI=1S/C28H28N8/c1-28(2)17-29-12-10-22(28)34-27-25-20(18-6-5-7-18)15-30-16-21(25)33-26(36-27)19-9-13-32-24(14-19)35-23-8-3-4-11-31-23/h3-9,11,13-16,22,29H,10,12,17H2,1-2H3,(H,31,32,35)(H,33,34,36)/t22-/m0/s1. The Morgan fingerprint density at radius 1 is 1.03 bits per heavy atom. The van der Waals surface area contributed by atoms with Crippen LogP contribution in [0, 0.1) is 5.41 Å². The average molecular weight is 477 g/mol. The van der Waals surface area contributed by atoms with Crippen LogP contribution in [-0.4, -0.2) is 44.1 Å². The van der Waals surface area contributed by atoms with Crippen molar-refractivity contribution in [3.05, 3.63) is 78.9 Å². The van der Waals surface area contributed by atoms with Gasteiger partial charge in [0.15, 0.2) is 5.82 Å². The highest BCUT2D eigenvalue weighted by molar-refractivity contribution is 6.02. The molecule has 180 valence electrons. The summed E-state index contributed by atoms with van der Waals surface area (Å²) in [6, 6.07) is 9.87. The molecule has 1 aliphatic heterocycles. The van der Waals surface area contributed by atoms with Crippen LogP contribution in [0.15, 0.2) is 73.3 Å². The van der Waals surface area contributed by atoms with Crippen LogP contribution in [0.2, 0.25) is 0 Å². The predicted molar refractivity (Wildman–Crippen MR) is 144 cm³/mol. The van der Waals surface area contributed by atoms with Crippen molar-refractivity contribution in [1.29, 1.82) is 0 Å². The van der Waals surface area contributed by atoms with Gasteiger partial charge in [-0.3, -0.25) is 4.98 Å². The third-order valence-electron chi connectivity index (χ3n) is 6.85.